The number of aryl methyl sites for hydroxylation is 2. The molecule has 1 aromatic heterocycles. The number of esters is 1. The quantitative estimate of drug-likeness (QED) is 0.643. The highest BCUT2D eigenvalue weighted by molar-refractivity contribution is 5.93. The Kier molecular flexibility index (Phi) is 5.61. The molecule has 0 saturated carbocycles. The first-order valence-electron chi connectivity index (χ1n) is 9.82. The minimum Gasteiger partial charge on any atom is -0.490 e. The normalized spacial score (nSPS) is 13.0. The molecule has 1 amide bonds. The summed E-state index contributed by atoms with van der Waals surface area (Å²) >= 11 is 0. The van der Waals surface area contributed by atoms with Gasteiger partial charge in [0, 0.05) is 29.1 Å². The lowest BCUT2D eigenvalue weighted by atomic mass is 10.0. The molecular formula is C23H23NO6. The highest BCUT2D eigenvalue weighted by Crippen LogP contribution is 2.32. The third-order valence-corrected chi connectivity index (χ3v) is 5.00. The summed E-state index contributed by atoms with van der Waals surface area (Å²) in [6.45, 7) is 4.80. The van der Waals surface area contributed by atoms with Crippen molar-refractivity contribution in [2.24, 2.45) is 0 Å². The molecule has 1 aliphatic rings. The molecule has 30 heavy (non-hydrogen) atoms. The van der Waals surface area contributed by atoms with Crippen molar-refractivity contribution >= 4 is 28.5 Å². The van der Waals surface area contributed by atoms with E-state index in [0.717, 1.165) is 34.1 Å². The largest absolute Gasteiger partial charge is 0.490 e. The number of fused-ring (bicyclic) bond motifs is 2. The molecule has 0 saturated heterocycles. The fraction of sp³-hybridized carbons (Fsp3) is 0.304. The lowest BCUT2D eigenvalue weighted by Crippen LogP contribution is -2.21. The monoisotopic (exact) mass is 409 g/mol. The van der Waals surface area contributed by atoms with Crippen molar-refractivity contribution in [3.63, 3.8) is 0 Å². The van der Waals surface area contributed by atoms with Gasteiger partial charge in [-0.2, -0.15) is 0 Å². The number of ether oxygens (including phenoxy) is 3. The van der Waals surface area contributed by atoms with Crippen LogP contribution < -0.4 is 14.8 Å². The van der Waals surface area contributed by atoms with Gasteiger partial charge in [0.25, 0.3) is 5.91 Å². The lowest BCUT2D eigenvalue weighted by Gasteiger charge is -2.10. The van der Waals surface area contributed by atoms with Gasteiger partial charge in [-0.3, -0.25) is 9.59 Å². The maximum absolute atomic E-state index is 12.2. The molecule has 4 rings (SSSR count). The molecule has 0 unspecified atom stereocenters. The van der Waals surface area contributed by atoms with E-state index in [9.17, 15) is 9.59 Å². The van der Waals surface area contributed by atoms with Crippen LogP contribution in [0.3, 0.4) is 0 Å². The highest BCUT2D eigenvalue weighted by atomic mass is 16.5. The molecule has 3 aromatic rings. The van der Waals surface area contributed by atoms with E-state index in [1.165, 1.54) is 0 Å². The summed E-state index contributed by atoms with van der Waals surface area (Å²) in [4.78, 5) is 24.4. The molecule has 0 atom stereocenters. The Morgan fingerprint density at radius 2 is 1.80 bits per heavy atom. The lowest BCUT2D eigenvalue weighted by molar-refractivity contribution is -0.146. The predicted octanol–water partition coefficient (Wildman–Crippen LogP) is 3.94. The Morgan fingerprint density at radius 1 is 1.03 bits per heavy atom. The van der Waals surface area contributed by atoms with Crippen LogP contribution in [0, 0.1) is 13.8 Å². The van der Waals surface area contributed by atoms with Crippen LogP contribution in [0.5, 0.6) is 11.5 Å². The van der Waals surface area contributed by atoms with E-state index >= 15 is 0 Å². The Hall–Kier alpha value is -3.48. The van der Waals surface area contributed by atoms with Gasteiger partial charge in [-0.1, -0.05) is 0 Å². The van der Waals surface area contributed by atoms with Crippen LogP contribution in [0.2, 0.25) is 0 Å². The molecule has 0 fully saturated rings. The summed E-state index contributed by atoms with van der Waals surface area (Å²) in [6.07, 6.45) is 2.40. The number of carbonyl (C=O) groups is 2. The summed E-state index contributed by atoms with van der Waals surface area (Å²) in [5.74, 6) is 0.306. The van der Waals surface area contributed by atoms with Gasteiger partial charge in [0.15, 0.2) is 18.1 Å². The van der Waals surface area contributed by atoms with Crippen LogP contribution in [-0.4, -0.2) is 31.7 Å². The number of anilines is 1. The zero-order chi connectivity index (χ0) is 21.1. The number of nitrogens with one attached hydrogen (secondary N) is 1. The fourth-order valence-corrected chi connectivity index (χ4v) is 3.26. The number of hydrogen-bond donors (Lipinski definition) is 1. The summed E-state index contributed by atoms with van der Waals surface area (Å²) < 4.78 is 21.8. The van der Waals surface area contributed by atoms with E-state index in [0.29, 0.717) is 30.4 Å². The standard InChI is InChI=1S/C23H23NO6/c1-14-8-18-16(12-29-20(18)9-15(14)2)10-23(26)30-13-22(25)24-17-4-5-19-21(11-17)28-7-3-6-27-19/h4-5,8-9,11-12H,3,6-7,10,13H2,1-2H3,(H,24,25). The average Bonchev–Trinajstić information content (AvgIpc) is 2.94. The van der Waals surface area contributed by atoms with Crippen LogP contribution in [0.15, 0.2) is 41.0 Å². The number of benzene rings is 2. The molecule has 2 heterocycles. The topological polar surface area (TPSA) is 87.0 Å². The molecule has 0 radical (unpaired) electrons. The molecule has 7 heteroatoms. The van der Waals surface area contributed by atoms with Gasteiger partial charge in [-0.25, -0.2) is 0 Å². The predicted molar refractivity (Wildman–Crippen MR) is 111 cm³/mol. The molecule has 1 aliphatic heterocycles. The van der Waals surface area contributed by atoms with Gasteiger partial charge in [-0.05, 0) is 49.2 Å². The second-order valence-corrected chi connectivity index (χ2v) is 7.29. The van der Waals surface area contributed by atoms with Gasteiger partial charge in [0.1, 0.15) is 5.58 Å². The first kappa shape index (κ1) is 19.8. The Morgan fingerprint density at radius 3 is 2.63 bits per heavy atom. The summed E-state index contributed by atoms with van der Waals surface area (Å²) in [6, 6.07) is 9.10. The average molecular weight is 409 g/mol. The van der Waals surface area contributed by atoms with Crippen LogP contribution >= 0.6 is 0 Å². The second kappa shape index (κ2) is 8.49. The van der Waals surface area contributed by atoms with Crippen LogP contribution in [-0.2, 0) is 20.7 Å². The molecule has 0 spiro atoms. The summed E-state index contributed by atoms with van der Waals surface area (Å²) in [5.41, 5.74) is 4.26. The molecular weight excluding hydrogens is 386 g/mol. The van der Waals surface area contributed by atoms with E-state index in [-0.39, 0.29) is 13.0 Å². The Labute approximate surface area is 173 Å². The minimum atomic E-state index is -0.496. The van der Waals surface area contributed by atoms with Crippen molar-refractivity contribution in [3.05, 3.63) is 53.3 Å². The number of furan rings is 1. The molecule has 7 nitrogen and oxygen atoms in total. The van der Waals surface area contributed by atoms with Crippen molar-refractivity contribution in [1.29, 1.82) is 0 Å². The first-order chi connectivity index (χ1) is 14.5. The van der Waals surface area contributed by atoms with Gasteiger partial charge < -0.3 is 23.9 Å². The number of amides is 1. The smallest absolute Gasteiger partial charge is 0.310 e. The van der Waals surface area contributed by atoms with Crippen molar-refractivity contribution in [1.82, 2.24) is 0 Å². The van der Waals surface area contributed by atoms with Gasteiger partial charge in [0.05, 0.1) is 25.9 Å². The number of carbonyl (C=O) groups excluding carboxylic acids is 2. The molecule has 0 aliphatic carbocycles. The zero-order valence-electron chi connectivity index (χ0n) is 16.9. The van der Waals surface area contributed by atoms with Crippen LogP contribution in [0.1, 0.15) is 23.1 Å². The van der Waals surface area contributed by atoms with Crippen molar-refractivity contribution < 1.29 is 28.2 Å². The third kappa shape index (κ3) is 4.40. The number of hydrogen-bond acceptors (Lipinski definition) is 6. The van der Waals surface area contributed by atoms with E-state index < -0.39 is 11.9 Å². The maximum Gasteiger partial charge on any atom is 0.310 e. The second-order valence-electron chi connectivity index (χ2n) is 7.29. The minimum absolute atomic E-state index is 0.0345. The molecule has 1 N–H and O–H groups in total. The van der Waals surface area contributed by atoms with Crippen LogP contribution in [0.4, 0.5) is 5.69 Å². The molecule has 156 valence electrons. The van der Waals surface area contributed by atoms with Crippen molar-refractivity contribution in [3.8, 4) is 11.5 Å². The maximum atomic E-state index is 12.2. The number of rotatable bonds is 5. The van der Waals surface area contributed by atoms with E-state index in [2.05, 4.69) is 5.32 Å². The Bertz CT molecular complexity index is 1100. The Balaban J connectivity index is 1.32. The van der Waals surface area contributed by atoms with Gasteiger partial charge >= 0.3 is 5.97 Å². The SMILES string of the molecule is Cc1cc2occ(CC(=O)OCC(=O)Nc3ccc4c(c3)OCCCO4)c2cc1C. The molecule has 2 aromatic carbocycles. The summed E-state index contributed by atoms with van der Waals surface area (Å²) in [5, 5.41) is 3.58. The van der Waals surface area contributed by atoms with Gasteiger partial charge in [0.2, 0.25) is 0 Å². The highest BCUT2D eigenvalue weighted by Gasteiger charge is 2.15. The third-order valence-electron chi connectivity index (χ3n) is 5.00. The van der Waals surface area contributed by atoms with E-state index in [1.807, 2.05) is 26.0 Å². The van der Waals surface area contributed by atoms with Crippen molar-refractivity contribution in [2.75, 3.05) is 25.1 Å². The zero-order valence-corrected chi connectivity index (χ0v) is 16.9. The first-order valence-corrected chi connectivity index (χ1v) is 9.82. The van der Waals surface area contributed by atoms with Crippen molar-refractivity contribution in [2.45, 2.75) is 26.7 Å². The van der Waals surface area contributed by atoms with Gasteiger partial charge in [-0.15, -0.1) is 0 Å². The van der Waals surface area contributed by atoms with Crippen LogP contribution in [0.25, 0.3) is 11.0 Å². The molecule has 0 bridgehead atoms. The van der Waals surface area contributed by atoms with E-state index in [1.54, 1.807) is 24.5 Å². The van der Waals surface area contributed by atoms with E-state index in [4.69, 9.17) is 18.6 Å². The fourth-order valence-electron chi connectivity index (χ4n) is 3.26. The summed E-state index contributed by atoms with van der Waals surface area (Å²) in [7, 11) is 0.